The Bertz CT molecular complexity index is 412. The van der Waals surface area contributed by atoms with Gasteiger partial charge in [0.2, 0.25) is 0 Å². The van der Waals surface area contributed by atoms with E-state index in [1.165, 1.54) is 16.9 Å². The lowest BCUT2D eigenvalue weighted by Crippen LogP contribution is -2.27. The highest BCUT2D eigenvalue weighted by molar-refractivity contribution is 7.13. The van der Waals surface area contributed by atoms with E-state index in [1.54, 1.807) is 6.07 Å². The van der Waals surface area contributed by atoms with Crippen LogP contribution in [0, 0.1) is 10.1 Å². The van der Waals surface area contributed by atoms with Gasteiger partial charge in [-0.15, -0.1) is 0 Å². The molecular formula is C12H18N2O2S. The largest absolute Gasteiger partial charge is 0.324 e. The second kappa shape index (κ2) is 6.51. The first kappa shape index (κ1) is 13.9. The van der Waals surface area contributed by atoms with E-state index < -0.39 is 0 Å². The van der Waals surface area contributed by atoms with Crippen molar-refractivity contribution in [2.45, 2.75) is 33.2 Å². The minimum atomic E-state index is -0.351. The van der Waals surface area contributed by atoms with Crippen molar-refractivity contribution in [1.29, 1.82) is 0 Å². The molecule has 1 atom stereocenters. The Hall–Kier alpha value is -1.20. The molecule has 1 unspecified atom stereocenters. The van der Waals surface area contributed by atoms with E-state index in [-0.39, 0.29) is 9.92 Å². The Morgan fingerprint density at radius 2 is 2.41 bits per heavy atom. The first-order valence-electron chi connectivity index (χ1n) is 5.69. The minimum Gasteiger partial charge on any atom is -0.311 e. The number of nitrogens with one attached hydrogen (secondary N) is 1. The maximum Gasteiger partial charge on any atom is 0.324 e. The van der Waals surface area contributed by atoms with Gasteiger partial charge >= 0.3 is 5.00 Å². The van der Waals surface area contributed by atoms with Gasteiger partial charge in [-0.2, -0.15) is 0 Å². The SMILES string of the molecule is CCCNC(C)C(C)=Cc1csc([N+](=O)[O-])c1. The fraction of sp³-hybridized carbons (Fsp3) is 0.500. The van der Waals surface area contributed by atoms with Crippen molar-refractivity contribution in [3.8, 4) is 0 Å². The second-order valence-electron chi connectivity index (χ2n) is 4.04. The molecule has 1 rings (SSSR count). The van der Waals surface area contributed by atoms with Crippen molar-refractivity contribution in [1.82, 2.24) is 5.32 Å². The summed E-state index contributed by atoms with van der Waals surface area (Å²) in [4.78, 5) is 10.2. The van der Waals surface area contributed by atoms with Crippen molar-refractivity contribution >= 4 is 22.4 Å². The first-order valence-corrected chi connectivity index (χ1v) is 6.57. The Morgan fingerprint density at radius 1 is 1.71 bits per heavy atom. The Morgan fingerprint density at radius 3 is 2.94 bits per heavy atom. The summed E-state index contributed by atoms with van der Waals surface area (Å²) in [5.74, 6) is 0. The molecule has 1 N–H and O–H groups in total. The van der Waals surface area contributed by atoms with Crippen molar-refractivity contribution in [3.05, 3.63) is 32.7 Å². The number of thiophene rings is 1. The number of nitro groups is 1. The van der Waals surface area contributed by atoms with Crippen molar-refractivity contribution in [3.63, 3.8) is 0 Å². The standard InChI is InChI=1S/C12H18N2O2S/c1-4-5-13-10(3)9(2)6-11-7-12(14(15)16)17-8-11/h6-8,10,13H,4-5H2,1-3H3. The van der Waals surface area contributed by atoms with E-state index >= 15 is 0 Å². The van der Waals surface area contributed by atoms with Gasteiger partial charge < -0.3 is 5.32 Å². The Kier molecular flexibility index (Phi) is 5.31. The second-order valence-corrected chi connectivity index (χ2v) is 4.93. The van der Waals surface area contributed by atoms with Crippen LogP contribution in [0.1, 0.15) is 32.8 Å². The molecule has 0 fully saturated rings. The summed E-state index contributed by atoms with van der Waals surface area (Å²) in [5, 5.41) is 15.9. The van der Waals surface area contributed by atoms with Crippen LogP contribution in [-0.4, -0.2) is 17.5 Å². The number of hydrogen-bond donors (Lipinski definition) is 1. The molecule has 0 aliphatic heterocycles. The molecular weight excluding hydrogens is 236 g/mol. The van der Waals surface area contributed by atoms with Gasteiger partial charge in [0.25, 0.3) is 0 Å². The van der Waals surface area contributed by atoms with E-state index in [1.807, 2.05) is 18.4 Å². The Labute approximate surface area is 106 Å². The molecule has 0 spiro atoms. The van der Waals surface area contributed by atoms with Crippen LogP contribution in [0.25, 0.3) is 6.08 Å². The molecule has 1 heterocycles. The van der Waals surface area contributed by atoms with Crippen LogP contribution in [0.15, 0.2) is 17.0 Å². The molecule has 0 bridgehead atoms. The van der Waals surface area contributed by atoms with E-state index in [0.29, 0.717) is 6.04 Å². The highest BCUT2D eigenvalue weighted by Gasteiger charge is 2.09. The molecule has 1 aromatic heterocycles. The summed E-state index contributed by atoms with van der Waals surface area (Å²) in [6.45, 7) is 7.25. The number of rotatable bonds is 6. The summed E-state index contributed by atoms with van der Waals surface area (Å²) in [5.41, 5.74) is 2.09. The van der Waals surface area contributed by atoms with Crippen LogP contribution in [0.3, 0.4) is 0 Å². The molecule has 17 heavy (non-hydrogen) atoms. The van der Waals surface area contributed by atoms with Gasteiger partial charge in [0, 0.05) is 17.5 Å². The predicted molar refractivity (Wildman–Crippen MR) is 72.4 cm³/mol. The lowest BCUT2D eigenvalue weighted by atomic mass is 10.1. The van der Waals surface area contributed by atoms with Gasteiger partial charge in [0.05, 0.1) is 4.92 Å². The predicted octanol–water partition coefficient (Wildman–Crippen LogP) is 3.45. The molecule has 5 heteroatoms. The fourth-order valence-corrected chi connectivity index (χ4v) is 2.10. The summed E-state index contributed by atoms with van der Waals surface area (Å²) in [6, 6.07) is 1.91. The first-order chi connectivity index (χ1) is 8.04. The molecule has 4 nitrogen and oxygen atoms in total. The van der Waals surface area contributed by atoms with Gasteiger partial charge in [0.15, 0.2) is 0 Å². The molecule has 0 radical (unpaired) electrons. The molecule has 0 amide bonds. The van der Waals surface area contributed by atoms with Gasteiger partial charge in [-0.3, -0.25) is 10.1 Å². The molecule has 0 saturated heterocycles. The summed E-state index contributed by atoms with van der Waals surface area (Å²) in [6.07, 6.45) is 3.10. The zero-order valence-electron chi connectivity index (χ0n) is 10.4. The minimum absolute atomic E-state index is 0.193. The average molecular weight is 254 g/mol. The van der Waals surface area contributed by atoms with Crippen LogP contribution in [0.2, 0.25) is 0 Å². The summed E-state index contributed by atoms with van der Waals surface area (Å²) < 4.78 is 0. The Balaban J connectivity index is 2.69. The third-order valence-electron chi connectivity index (χ3n) is 2.56. The maximum atomic E-state index is 10.6. The maximum absolute atomic E-state index is 10.6. The van der Waals surface area contributed by atoms with Crippen molar-refractivity contribution in [2.24, 2.45) is 0 Å². The third-order valence-corrected chi connectivity index (χ3v) is 3.46. The fourth-order valence-electron chi connectivity index (χ4n) is 1.42. The lowest BCUT2D eigenvalue weighted by Gasteiger charge is -2.13. The summed E-state index contributed by atoms with van der Waals surface area (Å²) in [7, 11) is 0. The van der Waals surface area contributed by atoms with Crippen molar-refractivity contribution in [2.75, 3.05) is 6.54 Å². The number of nitrogens with zero attached hydrogens (tertiary/aromatic N) is 1. The van der Waals surface area contributed by atoms with Gasteiger partial charge in [0.1, 0.15) is 0 Å². The normalized spacial score (nSPS) is 13.7. The van der Waals surface area contributed by atoms with Gasteiger partial charge in [-0.1, -0.05) is 29.9 Å². The van der Waals surface area contributed by atoms with Crippen molar-refractivity contribution < 1.29 is 4.92 Å². The number of hydrogen-bond acceptors (Lipinski definition) is 4. The van der Waals surface area contributed by atoms with E-state index in [4.69, 9.17) is 0 Å². The average Bonchev–Trinajstić information content (AvgIpc) is 2.74. The van der Waals surface area contributed by atoms with Crippen LogP contribution < -0.4 is 5.32 Å². The zero-order chi connectivity index (χ0) is 12.8. The molecule has 0 saturated carbocycles. The van der Waals surface area contributed by atoms with Crippen LogP contribution in [0.4, 0.5) is 5.00 Å². The monoisotopic (exact) mass is 254 g/mol. The summed E-state index contributed by atoms with van der Waals surface area (Å²) >= 11 is 1.17. The highest BCUT2D eigenvalue weighted by atomic mass is 32.1. The third kappa shape index (κ3) is 4.28. The lowest BCUT2D eigenvalue weighted by molar-refractivity contribution is -0.380. The topological polar surface area (TPSA) is 55.2 Å². The van der Waals surface area contributed by atoms with Crippen LogP contribution in [0.5, 0.6) is 0 Å². The quantitative estimate of drug-likeness (QED) is 0.625. The molecule has 94 valence electrons. The van der Waals surface area contributed by atoms with Crippen LogP contribution >= 0.6 is 11.3 Å². The molecule has 0 aliphatic carbocycles. The zero-order valence-corrected chi connectivity index (χ0v) is 11.2. The van der Waals surface area contributed by atoms with Gasteiger partial charge in [-0.25, -0.2) is 0 Å². The van der Waals surface area contributed by atoms with E-state index in [0.717, 1.165) is 18.5 Å². The smallest absolute Gasteiger partial charge is 0.311 e. The van der Waals surface area contributed by atoms with Crippen LogP contribution in [-0.2, 0) is 0 Å². The van der Waals surface area contributed by atoms with E-state index in [9.17, 15) is 10.1 Å². The highest BCUT2D eigenvalue weighted by Crippen LogP contribution is 2.24. The molecule has 0 aromatic carbocycles. The molecule has 1 aromatic rings. The van der Waals surface area contributed by atoms with E-state index in [2.05, 4.69) is 19.2 Å². The van der Waals surface area contributed by atoms with Gasteiger partial charge in [-0.05, 0) is 32.4 Å². The molecule has 0 aliphatic rings.